The highest BCUT2D eigenvalue weighted by Crippen LogP contribution is 2.15. The number of urea groups is 1. The summed E-state index contributed by atoms with van der Waals surface area (Å²) in [5.74, 6) is 0.713. The molecule has 1 aliphatic rings. The largest absolute Gasteiger partial charge is 0.376 e. The average molecular weight is 315 g/mol. The quantitative estimate of drug-likeness (QED) is 0.879. The van der Waals surface area contributed by atoms with Crippen molar-refractivity contribution in [3.05, 3.63) is 42.4 Å². The maximum absolute atomic E-state index is 12.1. The molecule has 2 N–H and O–H groups in total. The highest BCUT2D eigenvalue weighted by molar-refractivity contribution is 5.74. The summed E-state index contributed by atoms with van der Waals surface area (Å²) in [5.41, 5.74) is 0.899. The van der Waals surface area contributed by atoms with E-state index in [0.29, 0.717) is 12.4 Å². The summed E-state index contributed by atoms with van der Waals surface area (Å²) in [7, 11) is 0. The molecule has 2 aromatic rings. The minimum Gasteiger partial charge on any atom is -0.376 e. The number of pyridine rings is 1. The van der Waals surface area contributed by atoms with Gasteiger partial charge in [0.05, 0.1) is 12.1 Å². The van der Waals surface area contributed by atoms with Crippen LogP contribution >= 0.6 is 0 Å². The van der Waals surface area contributed by atoms with Crippen LogP contribution in [-0.4, -0.2) is 39.5 Å². The molecule has 2 aromatic heterocycles. The molecule has 0 aliphatic carbocycles. The van der Waals surface area contributed by atoms with Crippen molar-refractivity contribution in [1.82, 2.24) is 25.4 Å². The summed E-state index contributed by atoms with van der Waals surface area (Å²) < 4.78 is 7.27. The van der Waals surface area contributed by atoms with Gasteiger partial charge < -0.3 is 15.4 Å². The van der Waals surface area contributed by atoms with Crippen LogP contribution in [0.2, 0.25) is 0 Å². The SMILES string of the molecule is C[C@@H](NC(=O)NCc1cccnc1-n1cccn1)[C@H]1CCCO1. The van der Waals surface area contributed by atoms with Crippen LogP contribution in [0.1, 0.15) is 25.3 Å². The highest BCUT2D eigenvalue weighted by atomic mass is 16.5. The van der Waals surface area contributed by atoms with Gasteiger partial charge in [0.15, 0.2) is 5.82 Å². The van der Waals surface area contributed by atoms with E-state index in [1.165, 1.54) is 0 Å². The van der Waals surface area contributed by atoms with Crippen LogP contribution in [-0.2, 0) is 11.3 Å². The van der Waals surface area contributed by atoms with E-state index in [9.17, 15) is 4.79 Å². The normalized spacial score (nSPS) is 18.6. The summed E-state index contributed by atoms with van der Waals surface area (Å²) in [6, 6.07) is 5.40. The molecule has 122 valence electrons. The van der Waals surface area contributed by atoms with Crippen molar-refractivity contribution in [3.63, 3.8) is 0 Å². The topological polar surface area (TPSA) is 81.1 Å². The summed E-state index contributed by atoms with van der Waals surface area (Å²) in [4.78, 5) is 16.4. The third-order valence-electron chi connectivity index (χ3n) is 3.91. The summed E-state index contributed by atoms with van der Waals surface area (Å²) in [5, 5.41) is 9.98. The Bertz CT molecular complexity index is 638. The third kappa shape index (κ3) is 3.87. The van der Waals surface area contributed by atoms with Crippen molar-refractivity contribution in [1.29, 1.82) is 0 Å². The fourth-order valence-corrected chi connectivity index (χ4v) is 2.69. The first kappa shape index (κ1) is 15.5. The van der Waals surface area contributed by atoms with Crippen molar-refractivity contribution in [3.8, 4) is 5.82 Å². The second-order valence-corrected chi connectivity index (χ2v) is 5.60. The molecule has 23 heavy (non-hydrogen) atoms. The Balaban J connectivity index is 1.57. The van der Waals surface area contributed by atoms with Gasteiger partial charge in [-0.2, -0.15) is 5.10 Å². The lowest BCUT2D eigenvalue weighted by atomic mass is 10.1. The van der Waals surface area contributed by atoms with Crippen LogP contribution in [0.25, 0.3) is 5.82 Å². The highest BCUT2D eigenvalue weighted by Gasteiger charge is 2.23. The molecule has 2 atom stereocenters. The zero-order valence-corrected chi connectivity index (χ0v) is 13.1. The molecule has 0 aromatic carbocycles. The number of hydrogen-bond donors (Lipinski definition) is 2. The Labute approximate surface area is 135 Å². The standard InChI is InChI=1S/C16H21N5O2/c1-12(14-6-3-10-23-14)20-16(22)18-11-13-5-2-7-17-15(13)21-9-4-8-19-21/h2,4-5,7-9,12,14H,3,6,10-11H2,1H3,(H2,18,20,22)/t12-,14-/m1/s1. The van der Waals surface area contributed by atoms with Gasteiger partial charge in [0.25, 0.3) is 0 Å². The molecule has 0 bridgehead atoms. The molecule has 7 nitrogen and oxygen atoms in total. The van der Waals surface area contributed by atoms with Gasteiger partial charge in [-0.15, -0.1) is 0 Å². The van der Waals surface area contributed by atoms with E-state index in [0.717, 1.165) is 25.0 Å². The van der Waals surface area contributed by atoms with Crippen LogP contribution in [0.3, 0.4) is 0 Å². The minimum atomic E-state index is -0.205. The molecule has 0 unspecified atom stereocenters. The lowest BCUT2D eigenvalue weighted by molar-refractivity contribution is 0.0860. The van der Waals surface area contributed by atoms with Gasteiger partial charge in [0.1, 0.15) is 0 Å². The van der Waals surface area contributed by atoms with E-state index in [-0.39, 0.29) is 18.2 Å². The number of nitrogens with zero attached hydrogens (tertiary/aromatic N) is 3. The van der Waals surface area contributed by atoms with Crippen molar-refractivity contribution >= 4 is 6.03 Å². The predicted molar refractivity (Wildman–Crippen MR) is 85.2 cm³/mol. The first-order valence-corrected chi connectivity index (χ1v) is 7.84. The number of amides is 2. The zero-order valence-electron chi connectivity index (χ0n) is 13.1. The fraction of sp³-hybridized carbons (Fsp3) is 0.438. The number of nitrogens with one attached hydrogen (secondary N) is 2. The van der Waals surface area contributed by atoms with E-state index in [2.05, 4.69) is 20.7 Å². The third-order valence-corrected chi connectivity index (χ3v) is 3.91. The predicted octanol–water partition coefficient (Wildman–Crippen LogP) is 1.63. The molecule has 0 radical (unpaired) electrons. The Hall–Kier alpha value is -2.41. The summed E-state index contributed by atoms with van der Waals surface area (Å²) in [6.45, 7) is 3.13. The number of carbonyl (C=O) groups excluding carboxylic acids is 1. The van der Waals surface area contributed by atoms with Gasteiger partial charge in [-0.3, -0.25) is 0 Å². The number of rotatable bonds is 5. The molecular weight excluding hydrogens is 294 g/mol. The van der Waals surface area contributed by atoms with Gasteiger partial charge in [0.2, 0.25) is 0 Å². The van der Waals surface area contributed by atoms with E-state index in [1.54, 1.807) is 17.1 Å². The van der Waals surface area contributed by atoms with Crippen LogP contribution in [0.4, 0.5) is 4.79 Å². The first-order chi connectivity index (χ1) is 11.2. The smallest absolute Gasteiger partial charge is 0.315 e. The average Bonchev–Trinajstić information content (AvgIpc) is 3.26. The Morgan fingerprint density at radius 1 is 1.48 bits per heavy atom. The number of ether oxygens (including phenoxy) is 1. The van der Waals surface area contributed by atoms with Gasteiger partial charge in [-0.05, 0) is 31.9 Å². The van der Waals surface area contributed by atoms with Crippen molar-refractivity contribution in [2.45, 2.75) is 38.5 Å². The van der Waals surface area contributed by atoms with E-state index >= 15 is 0 Å². The summed E-state index contributed by atoms with van der Waals surface area (Å²) in [6.07, 6.45) is 7.39. The maximum Gasteiger partial charge on any atom is 0.315 e. The van der Waals surface area contributed by atoms with Crippen molar-refractivity contribution in [2.75, 3.05) is 6.61 Å². The van der Waals surface area contributed by atoms with Crippen LogP contribution in [0.15, 0.2) is 36.8 Å². The molecule has 3 heterocycles. The van der Waals surface area contributed by atoms with Gasteiger partial charge >= 0.3 is 6.03 Å². The van der Waals surface area contributed by atoms with E-state index in [4.69, 9.17) is 4.74 Å². The minimum absolute atomic E-state index is 0.00279. The molecule has 0 saturated carbocycles. The van der Waals surface area contributed by atoms with Crippen LogP contribution in [0, 0.1) is 0 Å². The van der Waals surface area contributed by atoms with Gasteiger partial charge in [0, 0.05) is 37.3 Å². The number of carbonyl (C=O) groups is 1. The second-order valence-electron chi connectivity index (χ2n) is 5.60. The van der Waals surface area contributed by atoms with Gasteiger partial charge in [-0.1, -0.05) is 6.07 Å². The molecule has 1 fully saturated rings. The zero-order chi connectivity index (χ0) is 16.1. The molecular formula is C16H21N5O2. The maximum atomic E-state index is 12.1. The van der Waals surface area contributed by atoms with E-state index in [1.807, 2.05) is 31.3 Å². The Morgan fingerprint density at radius 2 is 2.39 bits per heavy atom. The lowest BCUT2D eigenvalue weighted by Crippen LogP contribution is -2.45. The summed E-state index contributed by atoms with van der Waals surface area (Å²) >= 11 is 0. The molecule has 1 aliphatic heterocycles. The molecule has 2 amide bonds. The monoisotopic (exact) mass is 315 g/mol. The first-order valence-electron chi connectivity index (χ1n) is 7.84. The van der Waals surface area contributed by atoms with Crippen LogP contribution < -0.4 is 10.6 Å². The molecule has 3 rings (SSSR count). The Kier molecular flexibility index (Phi) is 4.87. The Morgan fingerprint density at radius 3 is 3.13 bits per heavy atom. The number of aromatic nitrogens is 3. The second kappa shape index (κ2) is 7.23. The van der Waals surface area contributed by atoms with Crippen molar-refractivity contribution in [2.24, 2.45) is 0 Å². The molecule has 1 saturated heterocycles. The lowest BCUT2D eigenvalue weighted by Gasteiger charge is -2.20. The molecule has 0 spiro atoms. The number of hydrogen-bond acceptors (Lipinski definition) is 4. The molecule has 7 heteroatoms. The van der Waals surface area contributed by atoms with Gasteiger partial charge in [-0.25, -0.2) is 14.5 Å². The van der Waals surface area contributed by atoms with E-state index < -0.39 is 0 Å². The van der Waals surface area contributed by atoms with Crippen molar-refractivity contribution < 1.29 is 9.53 Å². The van der Waals surface area contributed by atoms with Crippen LogP contribution in [0.5, 0.6) is 0 Å². The fourth-order valence-electron chi connectivity index (χ4n) is 2.69.